The highest BCUT2D eigenvalue weighted by atomic mass is 32.2. The van der Waals surface area contributed by atoms with E-state index in [-0.39, 0.29) is 0 Å². The molecule has 0 aromatic heterocycles. The smallest absolute Gasteiger partial charge is 0.117 e. The fraction of sp³-hybridized carbons (Fsp3) is 1.00. The molecule has 0 spiro atoms. The number of nitrogens with one attached hydrogen (secondary N) is 1. The minimum atomic E-state index is 0.748. The molecule has 1 rings (SSSR count). The summed E-state index contributed by atoms with van der Waals surface area (Å²) in [5.41, 5.74) is 0. The molecule has 1 N–H and O–H groups in total. The topological polar surface area (TPSA) is 12.0 Å². The summed E-state index contributed by atoms with van der Waals surface area (Å²) in [6.45, 7) is 4.57. The van der Waals surface area contributed by atoms with E-state index in [9.17, 15) is 0 Å². The SMILES string of the molecule is CSNC1CCCC([B]C(C)C)C1. The maximum absolute atomic E-state index is 3.48. The van der Waals surface area contributed by atoms with Gasteiger partial charge in [0.1, 0.15) is 7.28 Å². The van der Waals surface area contributed by atoms with Crippen molar-refractivity contribution in [3.8, 4) is 0 Å². The van der Waals surface area contributed by atoms with E-state index in [0.717, 1.165) is 17.7 Å². The molecule has 1 nitrogen and oxygen atoms in total. The summed E-state index contributed by atoms with van der Waals surface area (Å²) >= 11 is 1.77. The van der Waals surface area contributed by atoms with Crippen LogP contribution in [0.5, 0.6) is 0 Å². The van der Waals surface area contributed by atoms with E-state index in [2.05, 4.69) is 32.1 Å². The van der Waals surface area contributed by atoms with Gasteiger partial charge in [0, 0.05) is 6.04 Å². The van der Waals surface area contributed by atoms with Gasteiger partial charge in [0.2, 0.25) is 0 Å². The Labute approximate surface area is 87.8 Å². The summed E-state index contributed by atoms with van der Waals surface area (Å²) in [4.78, 5) is 0. The summed E-state index contributed by atoms with van der Waals surface area (Å²) in [5, 5.41) is 0. The van der Waals surface area contributed by atoms with E-state index in [1.165, 1.54) is 25.7 Å². The minimum absolute atomic E-state index is 0.748. The Hall–Kier alpha value is 0.375. The lowest BCUT2D eigenvalue weighted by atomic mass is 9.52. The molecule has 1 aliphatic carbocycles. The molecule has 1 radical (unpaired) electrons. The van der Waals surface area contributed by atoms with Crippen LogP contribution in [0, 0.1) is 0 Å². The van der Waals surface area contributed by atoms with Gasteiger partial charge in [0.15, 0.2) is 0 Å². The number of hydrogen-bond donors (Lipinski definition) is 1. The zero-order valence-corrected chi connectivity index (χ0v) is 9.86. The third-order valence-corrected chi connectivity index (χ3v) is 3.23. The first-order chi connectivity index (χ1) is 6.22. The van der Waals surface area contributed by atoms with E-state index >= 15 is 0 Å². The van der Waals surface area contributed by atoms with Crippen LogP contribution in [-0.4, -0.2) is 19.6 Å². The predicted octanol–water partition coefficient (Wildman–Crippen LogP) is 3.12. The van der Waals surface area contributed by atoms with E-state index in [1.807, 2.05) is 0 Å². The lowest BCUT2D eigenvalue weighted by Crippen LogP contribution is -2.29. The summed E-state index contributed by atoms with van der Waals surface area (Å²) in [6.07, 6.45) is 7.63. The molecule has 1 fully saturated rings. The standard InChI is InChI=1S/C10H21BNS/c1-8(2)11-9-5-4-6-10(7-9)12-13-3/h8-10,12H,4-7H2,1-3H3. The maximum Gasteiger partial charge on any atom is 0.117 e. The molecular weight excluding hydrogens is 177 g/mol. The second kappa shape index (κ2) is 5.97. The number of hydrogen-bond acceptors (Lipinski definition) is 2. The molecule has 1 saturated carbocycles. The third kappa shape index (κ3) is 4.41. The number of rotatable bonds is 4. The van der Waals surface area contributed by atoms with Crippen LogP contribution in [0.1, 0.15) is 39.5 Å². The molecule has 2 unspecified atom stereocenters. The van der Waals surface area contributed by atoms with Crippen molar-refractivity contribution in [2.45, 2.75) is 57.2 Å². The van der Waals surface area contributed by atoms with Crippen molar-refractivity contribution in [1.29, 1.82) is 0 Å². The average Bonchev–Trinajstić information content (AvgIpc) is 2.04. The molecule has 0 aromatic rings. The molecule has 0 aliphatic heterocycles. The van der Waals surface area contributed by atoms with Gasteiger partial charge in [-0.2, -0.15) is 0 Å². The second-order valence-corrected chi connectivity index (χ2v) is 5.03. The van der Waals surface area contributed by atoms with Gasteiger partial charge in [0.25, 0.3) is 0 Å². The minimum Gasteiger partial charge on any atom is -0.261 e. The third-order valence-electron chi connectivity index (χ3n) is 2.66. The Morgan fingerprint density at radius 3 is 2.77 bits per heavy atom. The van der Waals surface area contributed by atoms with Gasteiger partial charge in [-0.15, -0.1) is 0 Å². The molecule has 0 amide bonds. The largest absolute Gasteiger partial charge is 0.261 e. The Morgan fingerprint density at radius 2 is 2.15 bits per heavy atom. The molecule has 75 valence electrons. The molecule has 1 aliphatic rings. The van der Waals surface area contributed by atoms with E-state index in [0.29, 0.717) is 0 Å². The molecule has 13 heavy (non-hydrogen) atoms. The molecule has 0 heterocycles. The van der Waals surface area contributed by atoms with Crippen molar-refractivity contribution in [2.24, 2.45) is 0 Å². The summed E-state index contributed by atoms with van der Waals surface area (Å²) in [7, 11) is 2.52. The zero-order chi connectivity index (χ0) is 9.68. The van der Waals surface area contributed by atoms with Gasteiger partial charge >= 0.3 is 0 Å². The normalized spacial score (nSPS) is 29.2. The lowest BCUT2D eigenvalue weighted by molar-refractivity contribution is 0.420. The van der Waals surface area contributed by atoms with Gasteiger partial charge in [-0.3, -0.25) is 4.72 Å². The van der Waals surface area contributed by atoms with Crippen molar-refractivity contribution < 1.29 is 0 Å². The molecule has 3 heteroatoms. The molecular formula is C10H21BNS. The molecule has 2 atom stereocenters. The van der Waals surface area contributed by atoms with Crippen LogP contribution in [0.15, 0.2) is 0 Å². The first-order valence-corrected chi connectivity index (χ1v) is 6.58. The van der Waals surface area contributed by atoms with Gasteiger partial charge in [0.05, 0.1) is 0 Å². The average molecular weight is 198 g/mol. The van der Waals surface area contributed by atoms with Gasteiger partial charge in [-0.05, 0) is 19.1 Å². The van der Waals surface area contributed by atoms with E-state index in [1.54, 1.807) is 11.9 Å². The van der Waals surface area contributed by atoms with Crippen molar-refractivity contribution in [1.82, 2.24) is 4.72 Å². The van der Waals surface area contributed by atoms with Crippen LogP contribution in [-0.2, 0) is 0 Å². The Balaban J connectivity index is 2.24. The summed E-state index contributed by atoms with van der Waals surface area (Å²) in [5.74, 6) is 1.61. The van der Waals surface area contributed by atoms with Crippen molar-refractivity contribution in [3.05, 3.63) is 0 Å². The lowest BCUT2D eigenvalue weighted by Gasteiger charge is -2.29. The molecule has 0 aromatic carbocycles. The molecule has 0 bridgehead atoms. The highest BCUT2D eigenvalue weighted by Gasteiger charge is 2.22. The Kier molecular flexibility index (Phi) is 5.26. The van der Waals surface area contributed by atoms with Gasteiger partial charge in [-0.1, -0.05) is 50.3 Å². The zero-order valence-electron chi connectivity index (χ0n) is 9.05. The summed E-state index contributed by atoms with van der Waals surface area (Å²) < 4.78 is 3.48. The monoisotopic (exact) mass is 198 g/mol. The first-order valence-electron chi connectivity index (χ1n) is 5.36. The van der Waals surface area contributed by atoms with E-state index < -0.39 is 0 Å². The Morgan fingerprint density at radius 1 is 1.38 bits per heavy atom. The van der Waals surface area contributed by atoms with Crippen LogP contribution in [0.25, 0.3) is 0 Å². The predicted molar refractivity (Wildman–Crippen MR) is 63.5 cm³/mol. The van der Waals surface area contributed by atoms with Gasteiger partial charge in [-0.25, -0.2) is 0 Å². The fourth-order valence-electron chi connectivity index (χ4n) is 2.22. The Bertz CT molecular complexity index is 139. The molecule has 0 saturated heterocycles. The van der Waals surface area contributed by atoms with Crippen molar-refractivity contribution in [2.75, 3.05) is 6.26 Å². The highest BCUT2D eigenvalue weighted by molar-refractivity contribution is 7.96. The van der Waals surface area contributed by atoms with Gasteiger partial charge < -0.3 is 0 Å². The van der Waals surface area contributed by atoms with Crippen LogP contribution < -0.4 is 4.72 Å². The van der Waals surface area contributed by atoms with E-state index in [4.69, 9.17) is 0 Å². The van der Waals surface area contributed by atoms with Crippen molar-refractivity contribution in [3.63, 3.8) is 0 Å². The van der Waals surface area contributed by atoms with Crippen LogP contribution >= 0.6 is 11.9 Å². The summed E-state index contributed by atoms with van der Waals surface area (Å²) in [6, 6.07) is 0.753. The second-order valence-electron chi connectivity index (χ2n) is 4.38. The van der Waals surface area contributed by atoms with Crippen LogP contribution in [0.4, 0.5) is 0 Å². The maximum atomic E-state index is 3.48. The fourth-order valence-corrected chi connectivity index (χ4v) is 2.77. The van der Waals surface area contributed by atoms with Crippen molar-refractivity contribution >= 4 is 19.2 Å². The quantitative estimate of drug-likeness (QED) is 0.550. The highest BCUT2D eigenvalue weighted by Crippen LogP contribution is 2.31. The van der Waals surface area contributed by atoms with Crippen LogP contribution in [0.3, 0.4) is 0 Å². The first kappa shape index (κ1) is 11.4. The van der Waals surface area contributed by atoms with Crippen LogP contribution in [0.2, 0.25) is 11.6 Å².